The van der Waals surface area contributed by atoms with E-state index in [0.29, 0.717) is 13.0 Å². The topological polar surface area (TPSA) is 47.6 Å². The Morgan fingerprint density at radius 3 is 2.95 bits per heavy atom. The van der Waals surface area contributed by atoms with E-state index in [0.717, 1.165) is 12.1 Å². The number of hydrogen-bond acceptors (Lipinski definition) is 4. The SMILES string of the molecule is CCNC(C)c1ccc(OC2CCOC2=O)c(F)c1. The minimum absolute atomic E-state index is 0.0741. The number of cyclic esters (lactones) is 1. The van der Waals surface area contributed by atoms with E-state index in [9.17, 15) is 9.18 Å². The van der Waals surface area contributed by atoms with Gasteiger partial charge in [-0.3, -0.25) is 0 Å². The molecule has 0 aliphatic carbocycles. The molecule has 2 unspecified atom stereocenters. The zero-order valence-corrected chi connectivity index (χ0v) is 11.1. The molecule has 2 rings (SSSR count). The number of carbonyl (C=O) groups is 1. The molecule has 5 heteroatoms. The van der Waals surface area contributed by atoms with Crippen molar-refractivity contribution < 1.29 is 18.7 Å². The molecule has 0 aromatic heterocycles. The van der Waals surface area contributed by atoms with Crippen LogP contribution >= 0.6 is 0 Å². The van der Waals surface area contributed by atoms with Gasteiger partial charge in [-0.25, -0.2) is 9.18 Å². The van der Waals surface area contributed by atoms with Gasteiger partial charge in [-0.15, -0.1) is 0 Å². The van der Waals surface area contributed by atoms with Crippen molar-refractivity contribution in [3.8, 4) is 5.75 Å². The van der Waals surface area contributed by atoms with E-state index in [2.05, 4.69) is 5.32 Å². The maximum absolute atomic E-state index is 13.9. The second kappa shape index (κ2) is 6.02. The average Bonchev–Trinajstić information content (AvgIpc) is 2.78. The van der Waals surface area contributed by atoms with Crippen LogP contribution in [-0.4, -0.2) is 25.2 Å². The number of esters is 1. The first-order valence-corrected chi connectivity index (χ1v) is 6.48. The number of rotatable bonds is 5. The van der Waals surface area contributed by atoms with Crippen molar-refractivity contribution in [1.29, 1.82) is 0 Å². The molecule has 19 heavy (non-hydrogen) atoms. The van der Waals surface area contributed by atoms with Crippen molar-refractivity contribution in [2.24, 2.45) is 0 Å². The zero-order valence-electron chi connectivity index (χ0n) is 11.1. The van der Waals surface area contributed by atoms with Gasteiger partial charge in [0.05, 0.1) is 6.61 Å². The molecule has 1 N–H and O–H groups in total. The third kappa shape index (κ3) is 3.23. The second-order valence-electron chi connectivity index (χ2n) is 4.53. The van der Waals surface area contributed by atoms with Gasteiger partial charge in [0.2, 0.25) is 0 Å². The highest BCUT2D eigenvalue weighted by atomic mass is 19.1. The van der Waals surface area contributed by atoms with Crippen LogP contribution in [0.25, 0.3) is 0 Å². The quantitative estimate of drug-likeness (QED) is 0.831. The number of nitrogens with one attached hydrogen (secondary N) is 1. The Labute approximate surface area is 111 Å². The Balaban J connectivity index is 2.08. The van der Waals surface area contributed by atoms with E-state index in [4.69, 9.17) is 9.47 Å². The third-order valence-electron chi connectivity index (χ3n) is 3.12. The van der Waals surface area contributed by atoms with Gasteiger partial charge < -0.3 is 14.8 Å². The van der Waals surface area contributed by atoms with Crippen LogP contribution in [0.1, 0.15) is 31.9 Å². The minimum Gasteiger partial charge on any atom is -0.476 e. The van der Waals surface area contributed by atoms with E-state index in [1.54, 1.807) is 12.1 Å². The van der Waals surface area contributed by atoms with Gasteiger partial charge in [-0.1, -0.05) is 13.0 Å². The van der Waals surface area contributed by atoms with Crippen LogP contribution in [0, 0.1) is 5.82 Å². The Morgan fingerprint density at radius 2 is 2.37 bits per heavy atom. The number of halogens is 1. The molecule has 104 valence electrons. The fourth-order valence-electron chi connectivity index (χ4n) is 2.04. The summed E-state index contributed by atoms with van der Waals surface area (Å²) in [5.74, 6) is -0.789. The highest BCUT2D eigenvalue weighted by molar-refractivity contribution is 5.76. The van der Waals surface area contributed by atoms with E-state index < -0.39 is 17.9 Å². The van der Waals surface area contributed by atoms with E-state index in [-0.39, 0.29) is 11.8 Å². The number of hydrogen-bond donors (Lipinski definition) is 1. The van der Waals surface area contributed by atoms with Gasteiger partial charge in [-0.2, -0.15) is 0 Å². The molecule has 1 heterocycles. The standard InChI is InChI=1S/C14H18FNO3/c1-3-16-9(2)10-4-5-12(11(15)8-10)19-13-6-7-18-14(13)17/h4-5,8-9,13,16H,3,6-7H2,1-2H3. The fourth-order valence-corrected chi connectivity index (χ4v) is 2.04. The first kappa shape index (κ1) is 13.8. The molecule has 4 nitrogen and oxygen atoms in total. The third-order valence-corrected chi connectivity index (χ3v) is 3.12. The van der Waals surface area contributed by atoms with Gasteiger partial charge in [0.25, 0.3) is 0 Å². The molecule has 1 fully saturated rings. The summed E-state index contributed by atoms with van der Waals surface area (Å²) in [7, 11) is 0. The molecule has 0 radical (unpaired) electrons. The van der Waals surface area contributed by atoms with Crippen molar-refractivity contribution in [3.05, 3.63) is 29.6 Å². The monoisotopic (exact) mass is 267 g/mol. The molecular weight excluding hydrogens is 249 g/mol. The maximum Gasteiger partial charge on any atom is 0.347 e. The van der Waals surface area contributed by atoms with Crippen molar-refractivity contribution in [2.75, 3.05) is 13.2 Å². The lowest BCUT2D eigenvalue weighted by molar-refractivity contribution is -0.143. The van der Waals surface area contributed by atoms with Gasteiger partial charge in [0.15, 0.2) is 17.7 Å². The van der Waals surface area contributed by atoms with Crippen LogP contribution in [0.3, 0.4) is 0 Å². The lowest BCUT2D eigenvalue weighted by atomic mass is 10.1. The van der Waals surface area contributed by atoms with Crippen LogP contribution < -0.4 is 10.1 Å². The van der Waals surface area contributed by atoms with Crippen molar-refractivity contribution in [1.82, 2.24) is 5.32 Å². The lowest BCUT2D eigenvalue weighted by Crippen LogP contribution is -2.22. The zero-order chi connectivity index (χ0) is 13.8. The van der Waals surface area contributed by atoms with Gasteiger partial charge in [-0.05, 0) is 31.2 Å². The van der Waals surface area contributed by atoms with Gasteiger partial charge in [0.1, 0.15) is 0 Å². The molecule has 0 bridgehead atoms. The highest BCUT2D eigenvalue weighted by Gasteiger charge is 2.29. The number of benzene rings is 1. The molecule has 2 atom stereocenters. The Morgan fingerprint density at radius 1 is 1.58 bits per heavy atom. The van der Waals surface area contributed by atoms with Crippen LogP contribution in [0.15, 0.2) is 18.2 Å². The first-order chi connectivity index (χ1) is 9.11. The maximum atomic E-state index is 13.9. The molecule has 0 saturated carbocycles. The van der Waals surface area contributed by atoms with Crippen LogP contribution in [0.2, 0.25) is 0 Å². The first-order valence-electron chi connectivity index (χ1n) is 6.48. The predicted octanol–water partition coefficient (Wildman–Crippen LogP) is 2.19. The summed E-state index contributed by atoms with van der Waals surface area (Å²) in [6.45, 7) is 5.11. The smallest absolute Gasteiger partial charge is 0.347 e. The summed E-state index contributed by atoms with van der Waals surface area (Å²) < 4.78 is 24.0. The van der Waals surface area contributed by atoms with Crippen molar-refractivity contribution in [2.45, 2.75) is 32.4 Å². The summed E-state index contributed by atoms with van der Waals surface area (Å²) in [4.78, 5) is 11.3. The van der Waals surface area contributed by atoms with Crippen LogP contribution in [-0.2, 0) is 9.53 Å². The van der Waals surface area contributed by atoms with E-state index in [1.807, 2.05) is 13.8 Å². The average molecular weight is 267 g/mol. The van der Waals surface area contributed by atoms with Gasteiger partial charge >= 0.3 is 5.97 Å². The van der Waals surface area contributed by atoms with Crippen LogP contribution in [0.4, 0.5) is 4.39 Å². The second-order valence-corrected chi connectivity index (χ2v) is 4.53. The fraction of sp³-hybridized carbons (Fsp3) is 0.500. The molecule has 0 amide bonds. The number of carbonyl (C=O) groups excluding carboxylic acids is 1. The van der Waals surface area contributed by atoms with Crippen molar-refractivity contribution >= 4 is 5.97 Å². The summed E-state index contributed by atoms with van der Waals surface area (Å²) in [5, 5.41) is 3.21. The van der Waals surface area contributed by atoms with E-state index >= 15 is 0 Å². The summed E-state index contributed by atoms with van der Waals surface area (Å²) in [6, 6.07) is 4.86. The largest absolute Gasteiger partial charge is 0.476 e. The molecular formula is C14H18FNO3. The molecule has 1 aliphatic rings. The lowest BCUT2D eigenvalue weighted by Gasteiger charge is -2.15. The Kier molecular flexibility index (Phi) is 4.37. The normalized spacial score (nSPS) is 20.2. The van der Waals surface area contributed by atoms with E-state index in [1.165, 1.54) is 6.07 Å². The van der Waals surface area contributed by atoms with Gasteiger partial charge in [0, 0.05) is 12.5 Å². The summed E-state index contributed by atoms with van der Waals surface area (Å²) in [5.41, 5.74) is 0.848. The number of ether oxygens (including phenoxy) is 2. The summed E-state index contributed by atoms with van der Waals surface area (Å²) >= 11 is 0. The van der Waals surface area contributed by atoms with Crippen LogP contribution in [0.5, 0.6) is 5.75 Å². The molecule has 1 aromatic carbocycles. The highest BCUT2D eigenvalue weighted by Crippen LogP contribution is 2.24. The summed E-state index contributed by atoms with van der Waals surface area (Å²) in [6.07, 6.45) is -0.222. The predicted molar refractivity (Wildman–Crippen MR) is 68.5 cm³/mol. The Bertz CT molecular complexity index is 464. The minimum atomic E-state index is -0.688. The Hall–Kier alpha value is -1.62. The molecule has 0 spiro atoms. The molecule has 1 aliphatic heterocycles. The molecule has 1 saturated heterocycles. The van der Waals surface area contributed by atoms with Crippen molar-refractivity contribution in [3.63, 3.8) is 0 Å². The molecule has 1 aromatic rings.